The number of nitrogens with zero attached hydrogens (tertiary/aromatic N) is 1. The maximum absolute atomic E-state index is 13.6. The molecule has 0 fully saturated rings. The number of hydrogen-bond acceptors (Lipinski definition) is 3. The highest BCUT2D eigenvalue weighted by Gasteiger charge is 2.09. The van der Waals surface area contributed by atoms with Crippen LogP contribution in [0.15, 0.2) is 36.4 Å². The van der Waals surface area contributed by atoms with Gasteiger partial charge in [0, 0.05) is 17.7 Å². The Hall–Kier alpha value is -3.07. The average Bonchev–Trinajstić information content (AvgIpc) is 2.46. The summed E-state index contributed by atoms with van der Waals surface area (Å²) in [5.41, 5.74) is -0.157. The fraction of sp³-hybridized carbons (Fsp3) is 0.0588. The number of esters is 1. The zero-order valence-corrected chi connectivity index (χ0v) is 11.9. The summed E-state index contributed by atoms with van der Waals surface area (Å²) >= 11 is 0. The smallest absolute Gasteiger partial charge is 0.336 e. The van der Waals surface area contributed by atoms with Crippen LogP contribution >= 0.6 is 0 Å². The van der Waals surface area contributed by atoms with Crippen molar-refractivity contribution in [3.8, 4) is 11.8 Å². The van der Waals surface area contributed by atoms with E-state index in [1.165, 1.54) is 13.0 Å². The number of aryl methyl sites for hydroxylation is 1. The van der Waals surface area contributed by atoms with E-state index in [9.17, 15) is 18.0 Å². The highest BCUT2D eigenvalue weighted by Crippen LogP contribution is 2.18. The monoisotopic (exact) mass is 317 g/mol. The minimum absolute atomic E-state index is 0.124. The van der Waals surface area contributed by atoms with Crippen LogP contribution in [0.4, 0.5) is 13.2 Å². The lowest BCUT2D eigenvalue weighted by atomic mass is 10.1. The maximum atomic E-state index is 13.6. The van der Waals surface area contributed by atoms with E-state index in [1.807, 2.05) is 0 Å². The normalized spacial score (nSPS) is 10.6. The van der Waals surface area contributed by atoms with Crippen LogP contribution in [-0.2, 0) is 4.79 Å². The van der Waals surface area contributed by atoms with E-state index >= 15 is 0 Å². The van der Waals surface area contributed by atoms with Crippen LogP contribution in [0.3, 0.4) is 0 Å². The predicted molar refractivity (Wildman–Crippen MR) is 76.9 cm³/mol. The van der Waals surface area contributed by atoms with Gasteiger partial charge in [-0.3, -0.25) is 0 Å². The molecular formula is C17H10F3NO2. The van der Waals surface area contributed by atoms with Gasteiger partial charge in [0.15, 0.2) is 0 Å². The third kappa shape index (κ3) is 3.98. The third-order valence-electron chi connectivity index (χ3n) is 2.89. The van der Waals surface area contributed by atoms with Crippen molar-refractivity contribution in [1.82, 2.24) is 0 Å². The van der Waals surface area contributed by atoms with Crippen LogP contribution < -0.4 is 4.74 Å². The van der Waals surface area contributed by atoms with Crippen LogP contribution in [0.5, 0.6) is 5.75 Å². The van der Waals surface area contributed by atoms with E-state index in [-0.39, 0.29) is 16.9 Å². The molecule has 0 heterocycles. The van der Waals surface area contributed by atoms with Crippen LogP contribution in [0.25, 0.3) is 6.08 Å². The van der Waals surface area contributed by atoms with Gasteiger partial charge >= 0.3 is 5.97 Å². The molecule has 0 atom stereocenters. The zero-order valence-electron chi connectivity index (χ0n) is 11.9. The molecule has 0 spiro atoms. The van der Waals surface area contributed by atoms with Gasteiger partial charge in [0.1, 0.15) is 29.3 Å². The molecule has 116 valence electrons. The Morgan fingerprint density at radius 3 is 2.35 bits per heavy atom. The first-order valence-electron chi connectivity index (χ1n) is 6.46. The van der Waals surface area contributed by atoms with E-state index < -0.39 is 23.4 Å². The molecule has 0 aromatic heterocycles. The number of hydrogen-bond donors (Lipinski definition) is 0. The number of nitriles is 1. The van der Waals surface area contributed by atoms with E-state index in [0.29, 0.717) is 5.56 Å². The molecule has 0 saturated heterocycles. The molecule has 0 aliphatic heterocycles. The van der Waals surface area contributed by atoms with E-state index in [2.05, 4.69) is 0 Å². The fourth-order valence-corrected chi connectivity index (χ4v) is 1.82. The van der Waals surface area contributed by atoms with Crippen molar-refractivity contribution < 1.29 is 22.7 Å². The van der Waals surface area contributed by atoms with Gasteiger partial charge in [-0.05, 0) is 42.8 Å². The Bertz CT molecular complexity index is 815. The van der Waals surface area contributed by atoms with Gasteiger partial charge in [0.2, 0.25) is 0 Å². The van der Waals surface area contributed by atoms with Gasteiger partial charge in [-0.2, -0.15) is 5.26 Å². The number of ether oxygens (including phenoxy) is 1. The molecule has 3 nitrogen and oxygen atoms in total. The van der Waals surface area contributed by atoms with Crippen molar-refractivity contribution in [2.75, 3.05) is 0 Å². The second-order valence-electron chi connectivity index (χ2n) is 4.65. The molecule has 0 saturated carbocycles. The minimum atomic E-state index is -0.937. The number of carbonyl (C=O) groups is 1. The second-order valence-corrected chi connectivity index (χ2v) is 4.65. The van der Waals surface area contributed by atoms with Gasteiger partial charge in [-0.15, -0.1) is 0 Å². The molecule has 0 N–H and O–H groups in total. The molecule has 0 bridgehead atoms. The lowest BCUT2D eigenvalue weighted by Crippen LogP contribution is -2.04. The van der Waals surface area contributed by atoms with E-state index in [1.54, 1.807) is 6.07 Å². The molecular weight excluding hydrogens is 307 g/mol. The number of halogens is 3. The molecule has 0 unspecified atom stereocenters. The van der Waals surface area contributed by atoms with E-state index in [4.69, 9.17) is 10.00 Å². The van der Waals surface area contributed by atoms with Crippen LogP contribution in [0.2, 0.25) is 0 Å². The maximum Gasteiger partial charge on any atom is 0.336 e. The van der Waals surface area contributed by atoms with Crippen LogP contribution in [0.1, 0.15) is 16.7 Å². The summed E-state index contributed by atoms with van der Waals surface area (Å²) in [4.78, 5) is 11.6. The summed E-state index contributed by atoms with van der Waals surface area (Å²) in [6.45, 7) is 1.54. The highest BCUT2D eigenvalue weighted by molar-refractivity contribution is 5.88. The topological polar surface area (TPSA) is 50.1 Å². The molecule has 23 heavy (non-hydrogen) atoms. The standard InChI is InChI=1S/C17H10F3NO2/c1-10-6-15(19)13(16(20)7-10)4-5-17(22)23-12-3-2-11(9-21)14(18)8-12/h2-8H,1H3. The number of rotatable bonds is 3. The Morgan fingerprint density at radius 1 is 1.13 bits per heavy atom. The van der Waals surface area contributed by atoms with Crippen LogP contribution in [0, 0.1) is 35.7 Å². The fourth-order valence-electron chi connectivity index (χ4n) is 1.82. The summed E-state index contributed by atoms with van der Waals surface area (Å²) in [5, 5.41) is 8.59. The first-order chi connectivity index (χ1) is 10.9. The Morgan fingerprint density at radius 2 is 1.78 bits per heavy atom. The molecule has 6 heteroatoms. The first-order valence-corrected chi connectivity index (χ1v) is 6.46. The molecule has 2 rings (SSSR count). The second kappa shape index (κ2) is 6.79. The summed E-state index contributed by atoms with van der Waals surface area (Å²) in [6.07, 6.45) is 1.76. The molecule has 0 amide bonds. The minimum Gasteiger partial charge on any atom is -0.423 e. The number of benzene rings is 2. The predicted octanol–water partition coefficient (Wildman–Crippen LogP) is 3.90. The summed E-state index contributed by atoms with van der Waals surface area (Å²) < 4.78 is 45.4. The third-order valence-corrected chi connectivity index (χ3v) is 2.89. The van der Waals surface area contributed by atoms with Gasteiger partial charge in [-0.1, -0.05) is 0 Å². The Kier molecular flexibility index (Phi) is 4.82. The first kappa shape index (κ1) is 16.3. The average molecular weight is 317 g/mol. The Labute approximate surface area is 130 Å². The van der Waals surface area contributed by atoms with Crippen molar-refractivity contribution in [2.45, 2.75) is 6.92 Å². The summed E-state index contributed by atoms with van der Waals surface area (Å²) in [7, 11) is 0. The van der Waals surface area contributed by atoms with Gasteiger partial charge < -0.3 is 4.74 Å². The zero-order chi connectivity index (χ0) is 17.0. The quantitative estimate of drug-likeness (QED) is 0.490. The van der Waals surface area contributed by atoms with Gasteiger partial charge in [0.25, 0.3) is 0 Å². The molecule has 2 aromatic carbocycles. The lowest BCUT2D eigenvalue weighted by Gasteiger charge is -2.03. The summed E-state index contributed by atoms with van der Waals surface area (Å²) in [6, 6.07) is 7.15. The Balaban J connectivity index is 2.14. The highest BCUT2D eigenvalue weighted by atomic mass is 19.1. The SMILES string of the molecule is Cc1cc(F)c(C=CC(=O)Oc2ccc(C#N)c(F)c2)c(F)c1. The lowest BCUT2D eigenvalue weighted by molar-refractivity contribution is -0.128. The summed E-state index contributed by atoms with van der Waals surface area (Å²) in [5.74, 6) is -3.51. The van der Waals surface area contributed by atoms with Crippen molar-refractivity contribution in [3.05, 3.63) is 70.5 Å². The largest absolute Gasteiger partial charge is 0.423 e. The van der Waals surface area contributed by atoms with Crippen molar-refractivity contribution >= 4 is 12.0 Å². The van der Waals surface area contributed by atoms with Gasteiger partial charge in [-0.25, -0.2) is 18.0 Å². The van der Waals surface area contributed by atoms with Crippen molar-refractivity contribution in [1.29, 1.82) is 5.26 Å². The van der Waals surface area contributed by atoms with Crippen molar-refractivity contribution in [2.24, 2.45) is 0 Å². The molecule has 0 radical (unpaired) electrons. The van der Waals surface area contributed by atoms with Gasteiger partial charge in [0.05, 0.1) is 5.56 Å². The van der Waals surface area contributed by atoms with Crippen LogP contribution in [-0.4, -0.2) is 5.97 Å². The molecule has 0 aliphatic rings. The van der Waals surface area contributed by atoms with E-state index in [0.717, 1.165) is 36.4 Å². The molecule has 0 aliphatic carbocycles. The molecule has 2 aromatic rings. The van der Waals surface area contributed by atoms with Crippen molar-refractivity contribution in [3.63, 3.8) is 0 Å². The number of carbonyl (C=O) groups excluding carboxylic acids is 1.